The van der Waals surface area contributed by atoms with E-state index in [1.165, 1.54) is 34.5 Å². The molecule has 0 saturated carbocycles. The molecule has 0 unspecified atom stereocenters. The Labute approximate surface area is 114 Å². The largest absolute Gasteiger partial charge is 0.224 e. The fourth-order valence-corrected chi connectivity index (χ4v) is 4.03. The third-order valence-electron chi connectivity index (χ3n) is 1.98. The van der Waals surface area contributed by atoms with Crippen molar-refractivity contribution < 1.29 is 0 Å². The lowest BCUT2D eigenvalue weighted by atomic mass is 10.4. The van der Waals surface area contributed by atoms with Gasteiger partial charge in [0, 0.05) is 10.3 Å². The molecule has 0 atom stereocenters. The maximum absolute atomic E-state index is 5.91. The lowest BCUT2D eigenvalue weighted by Gasteiger charge is -1.98. The first-order valence-corrected chi connectivity index (χ1v) is 7.39. The van der Waals surface area contributed by atoms with Crippen molar-refractivity contribution in [1.29, 1.82) is 0 Å². The second-order valence-corrected chi connectivity index (χ2v) is 6.77. The normalized spacial score (nSPS) is 11.2. The minimum Gasteiger partial charge on any atom is -0.216 e. The fraction of sp³-hybridized carbons (Fsp3) is 0.111. The molecule has 0 spiro atoms. The molecule has 86 valence electrons. The Morgan fingerprint density at radius 1 is 1.35 bits per heavy atom. The molecule has 0 aliphatic rings. The van der Waals surface area contributed by atoms with Crippen LogP contribution in [0.4, 0.5) is 0 Å². The van der Waals surface area contributed by atoms with Gasteiger partial charge in [0.15, 0.2) is 4.34 Å². The molecule has 17 heavy (non-hydrogen) atoms. The molecule has 0 bridgehead atoms. The third kappa shape index (κ3) is 2.28. The lowest BCUT2D eigenvalue weighted by Crippen LogP contribution is -1.85. The van der Waals surface area contributed by atoms with Gasteiger partial charge in [-0.25, -0.2) is 15.0 Å². The van der Waals surface area contributed by atoms with Crippen LogP contribution in [0.15, 0.2) is 21.8 Å². The molecule has 0 aliphatic carbocycles. The zero-order valence-corrected chi connectivity index (χ0v) is 11.8. The predicted molar refractivity (Wildman–Crippen MR) is 71.2 cm³/mol. The molecular formula is C9H5ClN4S3. The summed E-state index contributed by atoms with van der Waals surface area (Å²) in [6.07, 6.45) is 1.53. The van der Waals surface area contributed by atoms with E-state index in [9.17, 15) is 0 Å². The molecule has 8 heteroatoms. The molecule has 0 aromatic carbocycles. The van der Waals surface area contributed by atoms with Crippen LogP contribution in [0, 0.1) is 6.92 Å². The SMILES string of the molecule is Cc1cc2c(Sc3ncns3)nc(Cl)nc2s1. The van der Waals surface area contributed by atoms with Gasteiger partial charge in [-0.3, -0.25) is 0 Å². The number of halogens is 1. The molecule has 0 amide bonds. The van der Waals surface area contributed by atoms with Crippen LogP contribution in [0.5, 0.6) is 0 Å². The second-order valence-electron chi connectivity index (χ2n) is 3.18. The van der Waals surface area contributed by atoms with Crippen molar-refractivity contribution in [1.82, 2.24) is 19.3 Å². The molecule has 0 radical (unpaired) electrons. The van der Waals surface area contributed by atoms with Crippen molar-refractivity contribution in [2.75, 3.05) is 0 Å². The van der Waals surface area contributed by atoms with E-state index in [0.29, 0.717) is 0 Å². The molecule has 0 N–H and O–H groups in total. The summed E-state index contributed by atoms with van der Waals surface area (Å²) in [5, 5.41) is 2.13. The van der Waals surface area contributed by atoms with E-state index in [1.807, 2.05) is 6.92 Å². The fourth-order valence-electron chi connectivity index (χ4n) is 1.36. The maximum atomic E-state index is 5.91. The number of hydrogen-bond donors (Lipinski definition) is 0. The summed E-state index contributed by atoms with van der Waals surface area (Å²) in [4.78, 5) is 14.7. The maximum Gasteiger partial charge on any atom is 0.224 e. The Morgan fingerprint density at radius 2 is 2.24 bits per heavy atom. The van der Waals surface area contributed by atoms with Gasteiger partial charge in [0.2, 0.25) is 5.28 Å². The number of aryl methyl sites for hydroxylation is 1. The van der Waals surface area contributed by atoms with Gasteiger partial charge in [0.1, 0.15) is 16.2 Å². The quantitative estimate of drug-likeness (QED) is 0.534. The summed E-state index contributed by atoms with van der Waals surface area (Å²) in [6.45, 7) is 2.04. The van der Waals surface area contributed by atoms with Gasteiger partial charge in [0.25, 0.3) is 0 Å². The van der Waals surface area contributed by atoms with E-state index >= 15 is 0 Å². The Morgan fingerprint density at radius 3 is 3.00 bits per heavy atom. The molecule has 4 nitrogen and oxygen atoms in total. The number of nitrogens with zero attached hydrogens (tertiary/aromatic N) is 4. The van der Waals surface area contributed by atoms with Gasteiger partial charge in [-0.05, 0) is 47.9 Å². The highest BCUT2D eigenvalue weighted by Crippen LogP contribution is 2.35. The first-order valence-electron chi connectivity index (χ1n) is 4.60. The monoisotopic (exact) mass is 300 g/mol. The van der Waals surface area contributed by atoms with Crippen molar-refractivity contribution in [2.45, 2.75) is 16.3 Å². The van der Waals surface area contributed by atoms with Crippen LogP contribution in [-0.4, -0.2) is 19.3 Å². The van der Waals surface area contributed by atoms with Crippen molar-refractivity contribution in [2.24, 2.45) is 0 Å². The average Bonchev–Trinajstić information content (AvgIpc) is 2.86. The van der Waals surface area contributed by atoms with E-state index in [2.05, 4.69) is 25.4 Å². The zero-order valence-electron chi connectivity index (χ0n) is 8.55. The van der Waals surface area contributed by atoms with E-state index in [0.717, 1.165) is 19.6 Å². The van der Waals surface area contributed by atoms with E-state index in [4.69, 9.17) is 11.6 Å². The zero-order chi connectivity index (χ0) is 11.8. The molecule has 3 aromatic rings. The van der Waals surface area contributed by atoms with Gasteiger partial charge in [0.05, 0.1) is 0 Å². The van der Waals surface area contributed by atoms with Crippen LogP contribution in [-0.2, 0) is 0 Å². The molecular weight excluding hydrogens is 296 g/mol. The topological polar surface area (TPSA) is 51.6 Å². The van der Waals surface area contributed by atoms with Crippen molar-refractivity contribution in [3.05, 3.63) is 22.6 Å². The summed E-state index contributed by atoms with van der Waals surface area (Å²) < 4.78 is 4.81. The van der Waals surface area contributed by atoms with Gasteiger partial charge in [-0.1, -0.05) is 0 Å². The standard InChI is InChI=1S/C9H5ClN4S3/c1-4-2-5-6(15-4)13-8(10)14-7(5)16-9-11-3-12-17-9/h2-3H,1H3. The van der Waals surface area contributed by atoms with Crippen LogP contribution in [0.1, 0.15) is 4.88 Å². The van der Waals surface area contributed by atoms with Gasteiger partial charge < -0.3 is 0 Å². The molecule has 0 saturated heterocycles. The molecule has 3 rings (SSSR count). The third-order valence-corrected chi connectivity index (χ3v) is 4.81. The van der Waals surface area contributed by atoms with E-state index in [1.54, 1.807) is 11.3 Å². The van der Waals surface area contributed by atoms with Crippen LogP contribution < -0.4 is 0 Å². The van der Waals surface area contributed by atoms with E-state index in [-0.39, 0.29) is 5.28 Å². The first kappa shape index (κ1) is 11.3. The number of fused-ring (bicyclic) bond motifs is 1. The Bertz CT molecular complexity index is 664. The van der Waals surface area contributed by atoms with Crippen molar-refractivity contribution in [3.63, 3.8) is 0 Å². The van der Waals surface area contributed by atoms with Crippen molar-refractivity contribution in [3.8, 4) is 0 Å². The number of thiophene rings is 1. The number of hydrogen-bond acceptors (Lipinski definition) is 7. The molecule has 3 heterocycles. The van der Waals surface area contributed by atoms with Crippen LogP contribution in [0.3, 0.4) is 0 Å². The highest BCUT2D eigenvalue weighted by molar-refractivity contribution is 8.01. The molecule has 3 aromatic heterocycles. The lowest BCUT2D eigenvalue weighted by molar-refractivity contribution is 1.10. The van der Waals surface area contributed by atoms with Crippen molar-refractivity contribution >= 4 is 56.4 Å². The van der Waals surface area contributed by atoms with Crippen LogP contribution in [0.2, 0.25) is 5.28 Å². The first-order chi connectivity index (χ1) is 8.22. The summed E-state index contributed by atoms with van der Waals surface area (Å²) in [5.41, 5.74) is 0. The smallest absolute Gasteiger partial charge is 0.216 e. The summed E-state index contributed by atoms with van der Waals surface area (Å²) in [6, 6.07) is 2.07. The minimum atomic E-state index is 0.270. The van der Waals surface area contributed by atoms with Gasteiger partial charge in [-0.15, -0.1) is 11.3 Å². The Kier molecular flexibility index (Phi) is 2.99. The van der Waals surface area contributed by atoms with Gasteiger partial charge in [-0.2, -0.15) is 4.37 Å². The van der Waals surface area contributed by atoms with E-state index < -0.39 is 0 Å². The second kappa shape index (κ2) is 4.49. The number of aromatic nitrogens is 4. The predicted octanol–water partition coefficient (Wildman–Crippen LogP) is 3.66. The highest BCUT2D eigenvalue weighted by atomic mass is 35.5. The van der Waals surface area contributed by atoms with Gasteiger partial charge >= 0.3 is 0 Å². The average molecular weight is 301 g/mol. The summed E-state index contributed by atoms with van der Waals surface area (Å²) in [5.74, 6) is 0. The highest BCUT2D eigenvalue weighted by Gasteiger charge is 2.12. The Balaban J connectivity index is 2.14. The Hall–Kier alpha value is -0.760. The van der Waals surface area contributed by atoms with Crippen LogP contribution in [0.25, 0.3) is 10.2 Å². The minimum absolute atomic E-state index is 0.270. The van der Waals surface area contributed by atoms with Crippen LogP contribution >= 0.6 is 46.2 Å². The summed E-state index contributed by atoms with van der Waals surface area (Å²) >= 11 is 10.3. The summed E-state index contributed by atoms with van der Waals surface area (Å²) in [7, 11) is 0. The number of rotatable bonds is 2. The molecule has 0 aliphatic heterocycles. The molecule has 0 fully saturated rings.